The summed E-state index contributed by atoms with van der Waals surface area (Å²) in [5, 5.41) is 13.8. The smallest absolute Gasteiger partial charge is 0.319 e. The van der Waals surface area contributed by atoms with Crippen LogP contribution in [0.1, 0.15) is 20.3 Å². The molecule has 0 heterocycles. The lowest BCUT2D eigenvalue weighted by Crippen LogP contribution is -2.30. The second-order valence-electron chi connectivity index (χ2n) is 4.34. The van der Waals surface area contributed by atoms with Crippen molar-refractivity contribution < 1.29 is 19.4 Å². The Morgan fingerprint density at radius 1 is 1.40 bits per heavy atom. The first-order chi connectivity index (χ1) is 9.38. The average Bonchev–Trinajstić information content (AvgIpc) is 2.31. The van der Waals surface area contributed by atoms with E-state index in [-0.39, 0.29) is 19.1 Å². The van der Waals surface area contributed by atoms with Gasteiger partial charge in [0.05, 0.1) is 17.5 Å². The normalized spacial score (nSPS) is 10.2. The first kappa shape index (κ1) is 16.1. The van der Waals surface area contributed by atoms with Gasteiger partial charge in [-0.1, -0.05) is 11.6 Å². The molecule has 0 aliphatic heterocycles. The molecule has 1 rings (SSSR count). The van der Waals surface area contributed by atoms with Gasteiger partial charge in [-0.15, -0.1) is 0 Å². The summed E-state index contributed by atoms with van der Waals surface area (Å²) in [5.41, 5.74) is 0.499. The quantitative estimate of drug-likeness (QED) is 0.754. The fourth-order valence-corrected chi connectivity index (χ4v) is 1.61. The highest BCUT2D eigenvalue weighted by molar-refractivity contribution is 6.32. The summed E-state index contributed by atoms with van der Waals surface area (Å²) in [6.45, 7) is 3.83. The Morgan fingerprint density at radius 2 is 2.10 bits per heavy atom. The van der Waals surface area contributed by atoms with Crippen molar-refractivity contribution in [3.05, 3.63) is 23.2 Å². The van der Waals surface area contributed by atoms with Crippen LogP contribution in [0.5, 0.6) is 5.75 Å². The van der Waals surface area contributed by atoms with Crippen LogP contribution in [0, 0.1) is 0 Å². The molecule has 3 N–H and O–H groups in total. The monoisotopic (exact) mass is 300 g/mol. The van der Waals surface area contributed by atoms with Gasteiger partial charge in [-0.05, 0) is 32.0 Å². The number of urea groups is 1. The number of hydrogen-bond donors (Lipinski definition) is 3. The molecular weight excluding hydrogens is 284 g/mol. The molecule has 0 atom stereocenters. The lowest BCUT2D eigenvalue weighted by molar-refractivity contribution is -0.136. The van der Waals surface area contributed by atoms with E-state index in [0.717, 1.165) is 0 Å². The van der Waals surface area contributed by atoms with E-state index in [1.165, 1.54) is 0 Å². The largest absolute Gasteiger partial charge is 0.489 e. The summed E-state index contributed by atoms with van der Waals surface area (Å²) in [4.78, 5) is 21.8. The maximum atomic E-state index is 11.5. The average molecular weight is 301 g/mol. The molecule has 1 aromatic carbocycles. The Labute approximate surface area is 122 Å². The number of ether oxygens (including phenoxy) is 1. The Kier molecular flexibility index (Phi) is 6.11. The number of carbonyl (C=O) groups excluding carboxylic acids is 1. The summed E-state index contributed by atoms with van der Waals surface area (Å²) >= 11 is 6.03. The van der Waals surface area contributed by atoms with Gasteiger partial charge in [0.1, 0.15) is 5.75 Å². The Bertz CT molecular complexity index is 491. The van der Waals surface area contributed by atoms with Crippen LogP contribution in [-0.2, 0) is 4.79 Å². The first-order valence-electron chi connectivity index (χ1n) is 6.11. The zero-order valence-electron chi connectivity index (χ0n) is 11.3. The molecular formula is C13H17ClN2O4. The van der Waals surface area contributed by atoms with E-state index in [2.05, 4.69) is 10.6 Å². The van der Waals surface area contributed by atoms with Crippen molar-refractivity contribution in [2.75, 3.05) is 11.9 Å². The number of carboxylic acid groups (broad SMARTS) is 1. The van der Waals surface area contributed by atoms with Gasteiger partial charge >= 0.3 is 12.0 Å². The van der Waals surface area contributed by atoms with Crippen molar-refractivity contribution in [3.63, 3.8) is 0 Å². The van der Waals surface area contributed by atoms with E-state index in [9.17, 15) is 9.59 Å². The van der Waals surface area contributed by atoms with Crippen LogP contribution < -0.4 is 15.4 Å². The minimum absolute atomic E-state index is 0.00521. The Morgan fingerprint density at radius 3 is 2.65 bits per heavy atom. The van der Waals surface area contributed by atoms with Crippen molar-refractivity contribution >= 4 is 29.3 Å². The molecule has 0 aliphatic rings. The third-order valence-electron chi connectivity index (χ3n) is 2.18. The highest BCUT2D eigenvalue weighted by Gasteiger charge is 2.07. The molecule has 20 heavy (non-hydrogen) atoms. The highest BCUT2D eigenvalue weighted by Crippen LogP contribution is 2.28. The lowest BCUT2D eigenvalue weighted by atomic mass is 10.3. The van der Waals surface area contributed by atoms with Crippen LogP contribution in [0.3, 0.4) is 0 Å². The molecule has 7 heteroatoms. The highest BCUT2D eigenvalue weighted by atomic mass is 35.5. The summed E-state index contributed by atoms with van der Waals surface area (Å²) in [6, 6.07) is 4.39. The summed E-state index contributed by atoms with van der Waals surface area (Å²) in [5.74, 6) is -0.429. The van der Waals surface area contributed by atoms with Crippen molar-refractivity contribution in [1.82, 2.24) is 5.32 Å². The van der Waals surface area contributed by atoms with E-state index in [1.807, 2.05) is 13.8 Å². The summed E-state index contributed by atoms with van der Waals surface area (Å²) in [7, 11) is 0. The Balaban J connectivity index is 2.54. The van der Waals surface area contributed by atoms with Crippen LogP contribution in [0.4, 0.5) is 10.5 Å². The van der Waals surface area contributed by atoms with Crippen LogP contribution >= 0.6 is 11.6 Å². The van der Waals surface area contributed by atoms with E-state index in [4.69, 9.17) is 21.4 Å². The zero-order valence-corrected chi connectivity index (χ0v) is 12.0. The van der Waals surface area contributed by atoms with Gasteiger partial charge in [0.2, 0.25) is 0 Å². The van der Waals surface area contributed by atoms with Crippen molar-refractivity contribution in [2.24, 2.45) is 0 Å². The molecule has 0 saturated heterocycles. The van der Waals surface area contributed by atoms with Gasteiger partial charge < -0.3 is 20.5 Å². The number of carboxylic acids is 1. The van der Waals surface area contributed by atoms with Gasteiger partial charge in [-0.2, -0.15) is 0 Å². The predicted octanol–water partition coefficient (Wildman–Crippen LogP) is 2.72. The minimum atomic E-state index is -0.969. The molecule has 0 aromatic heterocycles. The van der Waals surface area contributed by atoms with Crippen LogP contribution in [0.2, 0.25) is 5.02 Å². The maximum absolute atomic E-state index is 11.5. The van der Waals surface area contributed by atoms with E-state index < -0.39 is 12.0 Å². The first-order valence-corrected chi connectivity index (χ1v) is 6.49. The van der Waals surface area contributed by atoms with Crippen LogP contribution in [0.15, 0.2) is 18.2 Å². The number of anilines is 1. The molecule has 0 fully saturated rings. The van der Waals surface area contributed by atoms with Gasteiger partial charge in [-0.3, -0.25) is 4.79 Å². The predicted molar refractivity (Wildman–Crippen MR) is 76.5 cm³/mol. The number of halogens is 1. The molecule has 0 aliphatic carbocycles. The number of amides is 2. The molecule has 0 saturated carbocycles. The maximum Gasteiger partial charge on any atom is 0.319 e. The number of rotatable bonds is 6. The molecule has 0 radical (unpaired) electrons. The molecule has 2 amide bonds. The van der Waals surface area contributed by atoms with E-state index >= 15 is 0 Å². The Hall–Kier alpha value is -1.95. The molecule has 0 bridgehead atoms. The topological polar surface area (TPSA) is 87.7 Å². The van der Waals surface area contributed by atoms with Crippen LogP contribution in [-0.4, -0.2) is 29.8 Å². The van der Waals surface area contributed by atoms with Crippen molar-refractivity contribution in [1.29, 1.82) is 0 Å². The second-order valence-corrected chi connectivity index (χ2v) is 4.74. The van der Waals surface area contributed by atoms with Crippen LogP contribution in [0.25, 0.3) is 0 Å². The standard InChI is InChI=1S/C13H17ClN2O4/c1-8(2)20-11-4-3-9(7-10(11)14)16-13(19)15-6-5-12(17)18/h3-4,7-8H,5-6H2,1-2H3,(H,17,18)(H2,15,16,19). The SMILES string of the molecule is CC(C)Oc1ccc(NC(=O)NCCC(=O)O)cc1Cl. The molecule has 6 nitrogen and oxygen atoms in total. The molecule has 0 unspecified atom stereocenters. The van der Waals surface area contributed by atoms with Crippen molar-refractivity contribution in [3.8, 4) is 5.75 Å². The van der Waals surface area contributed by atoms with Gasteiger partial charge in [0.15, 0.2) is 0 Å². The fraction of sp³-hybridized carbons (Fsp3) is 0.385. The lowest BCUT2D eigenvalue weighted by Gasteiger charge is -2.13. The summed E-state index contributed by atoms with van der Waals surface area (Å²) < 4.78 is 5.47. The molecule has 1 aromatic rings. The second kappa shape index (κ2) is 7.59. The minimum Gasteiger partial charge on any atom is -0.489 e. The third-order valence-corrected chi connectivity index (χ3v) is 2.47. The third kappa shape index (κ3) is 5.79. The van der Waals surface area contributed by atoms with Crippen molar-refractivity contribution in [2.45, 2.75) is 26.4 Å². The number of hydrogen-bond acceptors (Lipinski definition) is 3. The van der Waals surface area contributed by atoms with E-state index in [0.29, 0.717) is 16.5 Å². The number of benzene rings is 1. The van der Waals surface area contributed by atoms with E-state index in [1.54, 1.807) is 18.2 Å². The molecule has 110 valence electrons. The fourth-order valence-electron chi connectivity index (χ4n) is 1.39. The number of aliphatic carboxylic acids is 1. The zero-order chi connectivity index (χ0) is 15.1. The summed E-state index contributed by atoms with van der Waals surface area (Å²) in [6.07, 6.45) is -0.124. The number of carbonyl (C=O) groups is 2. The number of nitrogens with one attached hydrogen (secondary N) is 2. The van der Waals surface area contributed by atoms with Gasteiger partial charge in [-0.25, -0.2) is 4.79 Å². The van der Waals surface area contributed by atoms with Gasteiger partial charge in [0.25, 0.3) is 0 Å². The van der Waals surface area contributed by atoms with Gasteiger partial charge in [0, 0.05) is 12.2 Å². The molecule has 0 spiro atoms.